The van der Waals surface area contributed by atoms with Crippen LogP contribution in [-0.4, -0.2) is 41.1 Å². The van der Waals surface area contributed by atoms with Gasteiger partial charge in [-0.1, -0.05) is 28.1 Å². The zero-order valence-electron chi connectivity index (χ0n) is 9.92. The summed E-state index contributed by atoms with van der Waals surface area (Å²) in [6, 6.07) is 7.94. The van der Waals surface area contributed by atoms with E-state index in [0.29, 0.717) is 0 Å². The number of aromatic nitrogens is 2. The molecule has 0 aliphatic carbocycles. The Morgan fingerprint density at radius 1 is 1.33 bits per heavy atom. The van der Waals surface area contributed by atoms with E-state index in [0.717, 1.165) is 41.9 Å². The minimum absolute atomic E-state index is 0.229. The maximum atomic E-state index is 5.63. The van der Waals surface area contributed by atoms with Crippen LogP contribution in [0, 0.1) is 0 Å². The van der Waals surface area contributed by atoms with Gasteiger partial charge in [0.25, 0.3) is 0 Å². The van der Waals surface area contributed by atoms with E-state index in [2.05, 4.69) is 30.8 Å². The molecule has 5 heteroatoms. The summed E-state index contributed by atoms with van der Waals surface area (Å²) >= 11 is 3.46. The molecule has 2 heterocycles. The summed E-state index contributed by atoms with van der Waals surface area (Å²) in [7, 11) is 0. The van der Waals surface area contributed by atoms with Gasteiger partial charge in [0.1, 0.15) is 5.82 Å². The summed E-state index contributed by atoms with van der Waals surface area (Å²) in [4.78, 5) is 11.3. The Balaban J connectivity index is 1.89. The highest BCUT2D eigenvalue weighted by Gasteiger charge is 2.20. The number of alkyl halides is 1. The molecule has 3 rings (SSSR count). The predicted octanol–water partition coefficient (Wildman–Crippen LogP) is 2.23. The van der Waals surface area contributed by atoms with Crippen LogP contribution in [0.25, 0.3) is 11.0 Å². The van der Waals surface area contributed by atoms with Crippen molar-refractivity contribution in [1.82, 2.24) is 9.97 Å². The Labute approximate surface area is 114 Å². The molecule has 1 fully saturated rings. The van der Waals surface area contributed by atoms with Crippen LogP contribution in [0.3, 0.4) is 0 Å². The van der Waals surface area contributed by atoms with Crippen molar-refractivity contribution in [1.29, 1.82) is 0 Å². The second-order valence-corrected chi connectivity index (χ2v) is 4.96. The first kappa shape index (κ1) is 11.9. The molecule has 0 spiro atoms. The van der Waals surface area contributed by atoms with Gasteiger partial charge in [0.2, 0.25) is 0 Å². The van der Waals surface area contributed by atoms with Crippen LogP contribution in [0.1, 0.15) is 0 Å². The van der Waals surface area contributed by atoms with E-state index in [1.807, 2.05) is 30.5 Å². The van der Waals surface area contributed by atoms with E-state index in [1.165, 1.54) is 0 Å². The number of fused-ring (bicyclic) bond motifs is 1. The van der Waals surface area contributed by atoms with Crippen LogP contribution in [0.2, 0.25) is 0 Å². The summed E-state index contributed by atoms with van der Waals surface area (Å²) in [5.74, 6) is 0.933. The Kier molecular flexibility index (Phi) is 3.43. The maximum absolute atomic E-state index is 5.63. The number of para-hydroxylation sites is 2. The van der Waals surface area contributed by atoms with Gasteiger partial charge in [0.05, 0.1) is 29.9 Å². The Morgan fingerprint density at radius 3 is 3.00 bits per heavy atom. The smallest absolute Gasteiger partial charge is 0.148 e. The van der Waals surface area contributed by atoms with Crippen molar-refractivity contribution in [3.05, 3.63) is 30.5 Å². The number of rotatable bonds is 2. The molecule has 0 radical (unpaired) electrons. The van der Waals surface area contributed by atoms with E-state index >= 15 is 0 Å². The molecule has 0 amide bonds. The summed E-state index contributed by atoms with van der Waals surface area (Å²) in [5, 5.41) is 0.852. The lowest BCUT2D eigenvalue weighted by molar-refractivity contribution is 0.0568. The number of ether oxygens (including phenoxy) is 1. The third-order valence-electron chi connectivity index (χ3n) is 3.07. The molecule has 1 unspecified atom stereocenters. The number of benzene rings is 1. The van der Waals surface area contributed by atoms with Crippen molar-refractivity contribution in [3.8, 4) is 0 Å². The topological polar surface area (TPSA) is 38.2 Å². The number of nitrogens with zero attached hydrogens (tertiary/aromatic N) is 3. The average molecular weight is 308 g/mol. The Hall–Kier alpha value is -1.20. The number of morpholine rings is 1. The van der Waals surface area contributed by atoms with Crippen LogP contribution in [0.15, 0.2) is 30.5 Å². The van der Waals surface area contributed by atoms with E-state index in [1.54, 1.807) is 0 Å². The molecule has 18 heavy (non-hydrogen) atoms. The quantitative estimate of drug-likeness (QED) is 0.798. The molecule has 1 aliphatic heterocycles. The van der Waals surface area contributed by atoms with Crippen LogP contribution in [0.5, 0.6) is 0 Å². The van der Waals surface area contributed by atoms with Crippen LogP contribution in [0.4, 0.5) is 5.82 Å². The fourth-order valence-corrected chi connectivity index (χ4v) is 2.51. The first-order valence-corrected chi connectivity index (χ1v) is 7.13. The van der Waals surface area contributed by atoms with Gasteiger partial charge in [-0.2, -0.15) is 0 Å². The number of hydrogen-bond acceptors (Lipinski definition) is 4. The van der Waals surface area contributed by atoms with Gasteiger partial charge < -0.3 is 9.64 Å². The minimum atomic E-state index is 0.229. The number of halogens is 1. The normalized spacial score (nSPS) is 20.3. The predicted molar refractivity (Wildman–Crippen MR) is 75.3 cm³/mol. The second kappa shape index (κ2) is 5.20. The summed E-state index contributed by atoms with van der Waals surface area (Å²) in [6.45, 7) is 2.47. The van der Waals surface area contributed by atoms with Crippen LogP contribution < -0.4 is 4.90 Å². The van der Waals surface area contributed by atoms with Crippen molar-refractivity contribution in [2.75, 3.05) is 29.9 Å². The highest BCUT2D eigenvalue weighted by atomic mass is 79.9. The highest BCUT2D eigenvalue weighted by Crippen LogP contribution is 2.18. The first-order chi connectivity index (χ1) is 8.86. The SMILES string of the molecule is BrCC1CN(c2cnc3ccccc3n2)CCO1. The lowest BCUT2D eigenvalue weighted by Crippen LogP contribution is -2.43. The molecule has 1 aromatic heterocycles. The molecule has 4 nitrogen and oxygen atoms in total. The third-order valence-corrected chi connectivity index (χ3v) is 3.79. The molecule has 1 aliphatic rings. The molecule has 2 aromatic rings. The van der Waals surface area contributed by atoms with Gasteiger partial charge >= 0.3 is 0 Å². The van der Waals surface area contributed by atoms with E-state index in [-0.39, 0.29) is 6.10 Å². The molecule has 1 aromatic carbocycles. The monoisotopic (exact) mass is 307 g/mol. The van der Waals surface area contributed by atoms with E-state index in [9.17, 15) is 0 Å². The summed E-state index contributed by atoms with van der Waals surface area (Å²) in [6.07, 6.45) is 2.07. The Bertz CT molecular complexity index is 549. The van der Waals surface area contributed by atoms with Gasteiger partial charge in [-0.25, -0.2) is 4.98 Å². The van der Waals surface area contributed by atoms with Crippen LogP contribution >= 0.6 is 15.9 Å². The van der Waals surface area contributed by atoms with Crippen molar-refractivity contribution < 1.29 is 4.74 Å². The zero-order valence-corrected chi connectivity index (χ0v) is 11.5. The lowest BCUT2D eigenvalue weighted by Gasteiger charge is -2.32. The van der Waals surface area contributed by atoms with Crippen molar-refractivity contribution >= 4 is 32.8 Å². The van der Waals surface area contributed by atoms with E-state index in [4.69, 9.17) is 4.74 Å². The van der Waals surface area contributed by atoms with Crippen molar-refractivity contribution in [2.24, 2.45) is 0 Å². The average Bonchev–Trinajstić information content (AvgIpc) is 2.47. The molecular formula is C13H14BrN3O. The molecule has 0 N–H and O–H groups in total. The lowest BCUT2D eigenvalue weighted by atomic mass is 10.3. The van der Waals surface area contributed by atoms with Crippen LogP contribution in [-0.2, 0) is 4.74 Å². The maximum Gasteiger partial charge on any atom is 0.148 e. The minimum Gasteiger partial charge on any atom is -0.374 e. The molecule has 0 saturated carbocycles. The van der Waals surface area contributed by atoms with Gasteiger partial charge in [0.15, 0.2) is 0 Å². The third kappa shape index (κ3) is 2.33. The highest BCUT2D eigenvalue weighted by molar-refractivity contribution is 9.09. The molecule has 1 saturated heterocycles. The fourth-order valence-electron chi connectivity index (χ4n) is 2.12. The first-order valence-electron chi connectivity index (χ1n) is 6.01. The summed E-state index contributed by atoms with van der Waals surface area (Å²) in [5.41, 5.74) is 1.88. The van der Waals surface area contributed by atoms with Gasteiger partial charge in [-0.05, 0) is 12.1 Å². The van der Waals surface area contributed by atoms with Gasteiger partial charge in [0, 0.05) is 18.4 Å². The second-order valence-electron chi connectivity index (χ2n) is 4.31. The van der Waals surface area contributed by atoms with Crippen molar-refractivity contribution in [3.63, 3.8) is 0 Å². The molecule has 94 valence electrons. The standard InChI is InChI=1S/C13H14BrN3O/c14-7-10-9-17(5-6-18-10)13-8-15-11-3-1-2-4-12(11)16-13/h1-4,8,10H,5-7,9H2. The molecule has 0 bridgehead atoms. The van der Waals surface area contributed by atoms with Gasteiger partial charge in [-0.15, -0.1) is 0 Å². The molecular weight excluding hydrogens is 294 g/mol. The fraction of sp³-hybridized carbons (Fsp3) is 0.385. The number of hydrogen-bond donors (Lipinski definition) is 0. The number of anilines is 1. The largest absolute Gasteiger partial charge is 0.374 e. The van der Waals surface area contributed by atoms with Crippen molar-refractivity contribution in [2.45, 2.75) is 6.10 Å². The Morgan fingerprint density at radius 2 is 2.17 bits per heavy atom. The van der Waals surface area contributed by atoms with Gasteiger partial charge in [-0.3, -0.25) is 4.98 Å². The zero-order chi connectivity index (χ0) is 12.4. The summed E-state index contributed by atoms with van der Waals surface area (Å²) < 4.78 is 5.63. The molecule has 1 atom stereocenters. The van der Waals surface area contributed by atoms with E-state index < -0.39 is 0 Å².